The van der Waals surface area contributed by atoms with Gasteiger partial charge in [0.15, 0.2) is 0 Å². The van der Waals surface area contributed by atoms with Crippen molar-refractivity contribution in [3.63, 3.8) is 0 Å². The maximum absolute atomic E-state index is 10.1. The van der Waals surface area contributed by atoms with Crippen LogP contribution in [0.25, 0.3) is 0 Å². The van der Waals surface area contributed by atoms with Crippen molar-refractivity contribution in [2.24, 2.45) is 5.92 Å². The second kappa shape index (κ2) is 5.63. The van der Waals surface area contributed by atoms with Crippen LogP contribution >= 0.6 is 0 Å². The van der Waals surface area contributed by atoms with Crippen LogP contribution in [0, 0.1) is 12.8 Å². The number of aromatic hydroxyl groups is 1. The number of rotatable bonds is 2. The number of piperidine rings is 1. The van der Waals surface area contributed by atoms with Gasteiger partial charge in [-0.15, -0.1) is 0 Å². The highest BCUT2D eigenvalue weighted by molar-refractivity contribution is 5.45. The van der Waals surface area contributed by atoms with Crippen molar-refractivity contribution in [2.45, 2.75) is 63.5 Å². The minimum atomic E-state index is 0.296. The van der Waals surface area contributed by atoms with E-state index >= 15 is 0 Å². The fourth-order valence-electron chi connectivity index (χ4n) is 6.02. The summed E-state index contributed by atoms with van der Waals surface area (Å²) in [5.74, 6) is 2.28. The van der Waals surface area contributed by atoms with Crippen molar-refractivity contribution in [3.8, 4) is 5.75 Å². The summed E-state index contributed by atoms with van der Waals surface area (Å²) in [7, 11) is 0. The quantitative estimate of drug-likeness (QED) is 0.873. The van der Waals surface area contributed by atoms with Gasteiger partial charge in [-0.1, -0.05) is 18.9 Å². The van der Waals surface area contributed by atoms with Gasteiger partial charge in [0.05, 0.1) is 12.8 Å². The molecule has 1 aromatic carbocycles. The van der Waals surface area contributed by atoms with E-state index in [4.69, 9.17) is 4.42 Å². The maximum atomic E-state index is 10.1. The lowest BCUT2D eigenvalue weighted by Crippen LogP contribution is -2.60. The molecule has 132 valence electrons. The number of benzene rings is 1. The topological polar surface area (TPSA) is 36.6 Å². The van der Waals surface area contributed by atoms with Crippen LogP contribution in [0.5, 0.6) is 5.75 Å². The molecule has 5 rings (SSSR count). The Morgan fingerprint density at radius 2 is 2.16 bits per heavy atom. The Morgan fingerprint density at radius 3 is 3.00 bits per heavy atom. The van der Waals surface area contributed by atoms with Gasteiger partial charge in [-0.3, -0.25) is 4.90 Å². The van der Waals surface area contributed by atoms with Crippen molar-refractivity contribution in [1.29, 1.82) is 0 Å². The molecular formula is C22H27NO2. The van der Waals surface area contributed by atoms with Crippen LogP contribution in [0.3, 0.4) is 0 Å². The minimum Gasteiger partial charge on any atom is -0.508 e. The molecule has 2 fully saturated rings. The molecule has 1 aromatic heterocycles. The number of hydrogen-bond donors (Lipinski definition) is 1. The predicted octanol–water partition coefficient (Wildman–Crippen LogP) is 4.55. The maximum Gasteiger partial charge on any atom is 0.120 e. The molecule has 2 bridgehead atoms. The van der Waals surface area contributed by atoms with E-state index in [1.54, 1.807) is 0 Å². The van der Waals surface area contributed by atoms with E-state index in [2.05, 4.69) is 30.0 Å². The first-order chi connectivity index (χ1) is 12.2. The van der Waals surface area contributed by atoms with Crippen LogP contribution in [0.1, 0.15) is 54.6 Å². The highest BCUT2D eigenvalue weighted by Crippen LogP contribution is 2.56. The Morgan fingerprint density at radius 1 is 1.24 bits per heavy atom. The van der Waals surface area contributed by atoms with Crippen LogP contribution < -0.4 is 0 Å². The van der Waals surface area contributed by atoms with Crippen molar-refractivity contribution >= 4 is 0 Å². The predicted molar refractivity (Wildman–Crippen MR) is 97.7 cm³/mol. The molecule has 0 radical (unpaired) electrons. The summed E-state index contributed by atoms with van der Waals surface area (Å²) in [4.78, 5) is 2.68. The van der Waals surface area contributed by atoms with Gasteiger partial charge in [-0.05, 0) is 80.0 Å². The van der Waals surface area contributed by atoms with E-state index in [1.165, 1.54) is 48.8 Å². The standard InChI is InChI=1S/C22H27NO2/c1-15-7-11-25-21(15)14-23-10-9-22-8-3-2-4-18(22)20(23)12-16-5-6-17(24)13-19(16)22/h5-7,11,13,18,20,24H,2-4,8-10,12,14H2,1H3/t18-,20+,22+/m0/s1. The van der Waals surface area contributed by atoms with Gasteiger partial charge in [0.1, 0.15) is 11.5 Å². The number of phenols is 1. The van der Waals surface area contributed by atoms with Crippen molar-refractivity contribution in [3.05, 3.63) is 53.0 Å². The second-order valence-electron chi connectivity index (χ2n) is 8.37. The summed E-state index contributed by atoms with van der Waals surface area (Å²) in [6.07, 6.45) is 9.44. The highest BCUT2D eigenvalue weighted by atomic mass is 16.3. The Kier molecular flexibility index (Phi) is 3.50. The van der Waals surface area contributed by atoms with E-state index < -0.39 is 0 Å². The molecule has 1 saturated carbocycles. The lowest BCUT2D eigenvalue weighted by Gasteiger charge is -2.59. The van der Waals surface area contributed by atoms with Crippen molar-refractivity contribution in [2.75, 3.05) is 6.54 Å². The van der Waals surface area contributed by atoms with Crippen LogP contribution in [0.4, 0.5) is 0 Å². The first-order valence-corrected chi connectivity index (χ1v) is 9.77. The Hall–Kier alpha value is -1.74. The molecule has 0 spiro atoms. The molecule has 3 aliphatic rings. The number of hydrogen-bond acceptors (Lipinski definition) is 3. The zero-order valence-electron chi connectivity index (χ0n) is 15.0. The zero-order chi connectivity index (χ0) is 17.0. The molecule has 1 aliphatic heterocycles. The average molecular weight is 337 g/mol. The van der Waals surface area contributed by atoms with Gasteiger partial charge in [0, 0.05) is 11.5 Å². The number of fused-ring (bicyclic) bond motifs is 1. The van der Waals surface area contributed by atoms with Gasteiger partial charge in [-0.2, -0.15) is 0 Å². The third-order valence-electron chi connectivity index (χ3n) is 7.25. The van der Waals surface area contributed by atoms with E-state index in [0.29, 0.717) is 17.2 Å². The van der Waals surface area contributed by atoms with Gasteiger partial charge < -0.3 is 9.52 Å². The summed E-state index contributed by atoms with van der Waals surface area (Å²) in [5.41, 5.74) is 4.48. The Bertz CT molecular complexity index is 795. The van der Waals surface area contributed by atoms with Crippen molar-refractivity contribution < 1.29 is 9.52 Å². The number of phenolic OH excluding ortho intramolecular Hbond substituents is 1. The molecule has 3 atom stereocenters. The SMILES string of the molecule is Cc1ccoc1CN1CC[C@]23CCCC[C@H]2[C@H]1Cc1ccc(O)cc13. The monoisotopic (exact) mass is 337 g/mol. The molecule has 2 aliphatic carbocycles. The fraction of sp³-hybridized carbons (Fsp3) is 0.545. The summed E-state index contributed by atoms with van der Waals surface area (Å²) < 4.78 is 5.75. The largest absolute Gasteiger partial charge is 0.508 e. The Labute approximate surface area is 149 Å². The summed E-state index contributed by atoms with van der Waals surface area (Å²) >= 11 is 0. The van der Waals surface area contributed by atoms with Crippen molar-refractivity contribution in [1.82, 2.24) is 4.90 Å². The van der Waals surface area contributed by atoms with Crippen LogP contribution in [-0.2, 0) is 18.4 Å². The average Bonchev–Trinajstić information content (AvgIpc) is 3.03. The van der Waals surface area contributed by atoms with Crippen LogP contribution in [-0.4, -0.2) is 22.6 Å². The first kappa shape index (κ1) is 15.5. The highest BCUT2D eigenvalue weighted by Gasteiger charge is 2.53. The summed E-state index contributed by atoms with van der Waals surface area (Å²) in [5, 5.41) is 10.1. The lowest BCUT2D eigenvalue weighted by molar-refractivity contribution is -0.0186. The minimum absolute atomic E-state index is 0.296. The second-order valence-corrected chi connectivity index (χ2v) is 8.37. The molecule has 1 N–H and O–H groups in total. The first-order valence-electron chi connectivity index (χ1n) is 9.77. The molecular weight excluding hydrogens is 310 g/mol. The number of aryl methyl sites for hydroxylation is 1. The third-order valence-corrected chi connectivity index (χ3v) is 7.25. The van der Waals surface area contributed by atoms with E-state index in [-0.39, 0.29) is 0 Å². The molecule has 3 heteroatoms. The molecule has 25 heavy (non-hydrogen) atoms. The fourth-order valence-corrected chi connectivity index (χ4v) is 6.02. The summed E-state index contributed by atoms with van der Waals surface area (Å²) in [6.45, 7) is 4.21. The van der Waals surface area contributed by atoms with Crippen LogP contribution in [0.2, 0.25) is 0 Å². The zero-order valence-corrected chi connectivity index (χ0v) is 15.0. The molecule has 2 heterocycles. The molecule has 1 saturated heterocycles. The number of nitrogens with zero attached hydrogens (tertiary/aromatic N) is 1. The molecule has 0 amide bonds. The van der Waals surface area contributed by atoms with Crippen LogP contribution in [0.15, 0.2) is 34.9 Å². The van der Waals surface area contributed by atoms with Gasteiger partial charge >= 0.3 is 0 Å². The van der Waals surface area contributed by atoms with Gasteiger partial charge in [-0.25, -0.2) is 0 Å². The third kappa shape index (κ3) is 2.28. The van der Waals surface area contributed by atoms with E-state index in [1.807, 2.05) is 12.3 Å². The van der Waals surface area contributed by atoms with Gasteiger partial charge in [0.25, 0.3) is 0 Å². The number of furan rings is 1. The normalized spacial score (nSPS) is 31.4. The smallest absolute Gasteiger partial charge is 0.120 e. The van der Waals surface area contributed by atoms with E-state index in [9.17, 15) is 5.11 Å². The Balaban J connectivity index is 1.55. The van der Waals surface area contributed by atoms with E-state index in [0.717, 1.165) is 31.2 Å². The molecule has 0 unspecified atom stereocenters. The summed E-state index contributed by atoms with van der Waals surface area (Å²) in [6, 6.07) is 8.80. The lowest BCUT2D eigenvalue weighted by atomic mass is 9.52. The molecule has 3 nitrogen and oxygen atoms in total. The number of likely N-dealkylation sites (tertiary alicyclic amines) is 1. The van der Waals surface area contributed by atoms with Gasteiger partial charge in [0.2, 0.25) is 0 Å². The molecule has 2 aromatic rings.